The molecule has 0 radical (unpaired) electrons. The molecule has 1 aliphatic rings. The van der Waals surface area contributed by atoms with Crippen molar-refractivity contribution in [3.63, 3.8) is 0 Å². The van der Waals surface area contributed by atoms with E-state index in [1.54, 1.807) is 18.0 Å². The molecule has 0 bridgehead atoms. The summed E-state index contributed by atoms with van der Waals surface area (Å²) in [5, 5.41) is 0. The Kier molecular flexibility index (Phi) is 4.47. The van der Waals surface area contributed by atoms with Gasteiger partial charge >= 0.3 is 19.1 Å². The van der Waals surface area contributed by atoms with E-state index in [9.17, 15) is 9.59 Å². The summed E-state index contributed by atoms with van der Waals surface area (Å²) in [6, 6.07) is 1.76. The zero-order chi connectivity index (χ0) is 13.3. The van der Waals surface area contributed by atoms with Gasteiger partial charge in [-0.2, -0.15) is 0 Å². The predicted octanol–water partition coefficient (Wildman–Crippen LogP) is 1.00. The molecule has 9 heteroatoms. The fourth-order valence-corrected chi connectivity index (χ4v) is 4.31. The van der Waals surface area contributed by atoms with E-state index in [0.29, 0.717) is 5.46 Å². The number of rotatable bonds is 1. The molecule has 2 rings (SSSR count). The van der Waals surface area contributed by atoms with Crippen LogP contribution in [0.25, 0.3) is 0 Å². The summed E-state index contributed by atoms with van der Waals surface area (Å²) >= 11 is 8.09. The van der Waals surface area contributed by atoms with Crippen LogP contribution in [-0.2, 0) is 18.9 Å². The predicted molar refractivity (Wildman–Crippen MR) is 74.8 cm³/mol. The van der Waals surface area contributed by atoms with Crippen molar-refractivity contribution in [3.05, 3.63) is 13.6 Å². The number of carbonyl (C=O) groups is 2. The molecule has 2 heterocycles. The second-order valence-corrected chi connectivity index (χ2v) is 7.51. The first-order valence-corrected chi connectivity index (χ1v) is 7.38. The maximum Gasteiger partial charge on any atom is 0.638 e. The molecule has 0 unspecified atom stereocenters. The largest absolute Gasteiger partial charge is 0.638 e. The van der Waals surface area contributed by atoms with Gasteiger partial charge in [-0.05, 0) is 45.0 Å². The lowest BCUT2D eigenvalue weighted by atomic mass is 9.81. The van der Waals surface area contributed by atoms with Crippen LogP contribution in [0.5, 0.6) is 0 Å². The van der Waals surface area contributed by atoms with E-state index in [1.807, 2.05) is 0 Å². The molecule has 1 aromatic rings. The third-order valence-corrected chi connectivity index (χ3v) is 4.60. The zero-order valence-electron chi connectivity index (χ0n) is 9.31. The fraction of sp³-hybridized carbons (Fsp3) is 0.333. The van der Waals surface area contributed by atoms with Crippen molar-refractivity contribution in [2.45, 2.75) is 0 Å². The van der Waals surface area contributed by atoms with Crippen LogP contribution in [0.2, 0.25) is 0 Å². The molecule has 0 atom stereocenters. The fourth-order valence-electron chi connectivity index (χ4n) is 1.47. The molecule has 1 aliphatic heterocycles. The topological polar surface area (TPSA) is 55.8 Å². The van der Waals surface area contributed by atoms with E-state index in [4.69, 9.17) is 9.31 Å². The summed E-state index contributed by atoms with van der Waals surface area (Å²) in [6.07, 6.45) is 0. The van der Waals surface area contributed by atoms with Gasteiger partial charge in [-0.15, -0.1) is 11.3 Å². The minimum absolute atomic E-state index is 0.0640. The number of thiophene rings is 1. The van der Waals surface area contributed by atoms with Gasteiger partial charge in [0.05, 0.1) is 20.7 Å². The normalized spacial score (nSPS) is 18.1. The SMILES string of the molecule is CN1CC(=O)OB(c2cc(Br)sc2Br)OC(=O)C1. The van der Waals surface area contributed by atoms with Crippen molar-refractivity contribution in [1.29, 1.82) is 0 Å². The van der Waals surface area contributed by atoms with Crippen molar-refractivity contribution >= 4 is 67.7 Å². The molecule has 0 aliphatic carbocycles. The number of carbonyl (C=O) groups excluding carboxylic acids is 2. The van der Waals surface area contributed by atoms with Crippen LogP contribution < -0.4 is 5.46 Å². The molecule has 96 valence electrons. The highest BCUT2D eigenvalue weighted by Crippen LogP contribution is 2.26. The number of nitrogens with zero attached hydrogens (tertiary/aromatic N) is 1. The van der Waals surface area contributed by atoms with Crippen LogP contribution in [0.3, 0.4) is 0 Å². The lowest BCUT2D eigenvalue weighted by Gasteiger charge is -2.22. The van der Waals surface area contributed by atoms with Crippen molar-refractivity contribution in [2.75, 3.05) is 20.1 Å². The van der Waals surface area contributed by atoms with Crippen molar-refractivity contribution in [1.82, 2.24) is 4.90 Å². The van der Waals surface area contributed by atoms with Crippen molar-refractivity contribution in [2.24, 2.45) is 0 Å². The molecule has 0 aromatic carbocycles. The average molecular weight is 397 g/mol. The summed E-state index contributed by atoms with van der Waals surface area (Å²) in [7, 11) is 0.663. The van der Waals surface area contributed by atoms with Crippen LogP contribution in [0.1, 0.15) is 0 Å². The first-order valence-electron chi connectivity index (χ1n) is 4.98. The summed E-state index contributed by atoms with van der Waals surface area (Å²) in [4.78, 5) is 24.7. The molecule has 18 heavy (non-hydrogen) atoms. The minimum Gasteiger partial charge on any atom is -0.494 e. The number of hydrogen-bond donors (Lipinski definition) is 0. The maximum absolute atomic E-state index is 11.6. The van der Waals surface area contributed by atoms with Crippen LogP contribution in [0.4, 0.5) is 0 Å². The van der Waals surface area contributed by atoms with E-state index in [2.05, 4.69) is 31.9 Å². The third-order valence-electron chi connectivity index (χ3n) is 2.21. The van der Waals surface area contributed by atoms with Crippen molar-refractivity contribution < 1.29 is 18.9 Å². The number of likely N-dealkylation sites (N-methyl/N-ethyl adjacent to an activating group) is 1. The summed E-state index contributed by atoms with van der Waals surface area (Å²) in [5.74, 6) is -0.853. The Morgan fingerprint density at radius 1 is 1.28 bits per heavy atom. The van der Waals surface area contributed by atoms with Crippen LogP contribution in [0.15, 0.2) is 13.6 Å². The maximum atomic E-state index is 11.6. The summed E-state index contributed by atoms with van der Waals surface area (Å²) in [6.45, 7) is 0.128. The Hall–Kier alpha value is -0.375. The molecule has 0 spiro atoms. The van der Waals surface area contributed by atoms with Gasteiger partial charge in [0.25, 0.3) is 0 Å². The second kappa shape index (κ2) is 5.73. The van der Waals surface area contributed by atoms with Gasteiger partial charge in [-0.25, -0.2) is 0 Å². The molecular weight excluding hydrogens is 389 g/mol. The Morgan fingerprint density at radius 2 is 1.83 bits per heavy atom. The highest BCUT2D eigenvalue weighted by atomic mass is 79.9. The smallest absolute Gasteiger partial charge is 0.494 e. The van der Waals surface area contributed by atoms with Crippen LogP contribution in [0, 0.1) is 0 Å². The molecule has 1 saturated heterocycles. The Bertz CT molecular complexity index is 475. The van der Waals surface area contributed by atoms with E-state index < -0.39 is 19.1 Å². The monoisotopic (exact) mass is 395 g/mol. The van der Waals surface area contributed by atoms with Crippen LogP contribution >= 0.6 is 43.2 Å². The Labute approximate surface area is 125 Å². The minimum atomic E-state index is -0.990. The van der Waals surface area contributed by atoms with E-state index in [1.165, 1.54) is 11.3 Å². The molecule has 0 amide bonds. The lowest BCUT2D eigenvalue weighted by Crippen LogP contribution is -2.47. The van der Waals surface area contributed by atoms with E-state index >= 15 is 0 Å². The van der Waals surface area contributed by atoms with Gasteiger partial charge in [0.15, 0.2) is 0 Å². The third kappa shape index (κ3) is 3.34. The van der Waals surface area contributed by atoms with Gasteiger partial charge in [-0.1, -0.05) is 0 Å². The lowest BCUT2D eigenvalue weighted by molar-refractivity contribution is -0.145. The van der Waals surface area contributed by atoms with E-state index in [0.717, 1.165) is 7.57 Å². The average Bonchev–Trinajstić information content (AvgIpc) is 2.54. The molecule has 1 fully saturated rings. The summed E-state index contributed by atoms with van der Waals surface area (Å²) < 4.78 is 11.9. The first kappa shape index (κ1) is 14.0. The highest BCUT2D eigenvalue weighted by Gasteiger charge is 2.36. The van der Waals surface area contributed by atoms with Gasteiger partial charge in [0.2, 0.25) is 0 Å². The van der Waals surface area contributed by atoms with Gasteiger partial charge < -0.3 is 9.31 Å². The molecule has 0 saturated carbocycles. The quantitative estimate of drug-likeness (QED) is 0.663. The zero-order valence-corrected chi connectivity index (χ0v) is 13.3. The summed E-state index contributed by atoms with van der Waals surface area (Å²) in [5.41, 5.74) is 0.623. The Morgan fingerprint density at radius 3 is 2.28 bits per heavy atom. The Balaban J connectivity index is 2.23. The van der Waals surface area contributed by atoms with Gasteiger partial charge in [0, 0.05) is 5.46 Å². The number of hydrogen-bond acceptors (Lipinski definition) is 6. The molecule has 1 aromatic heterocycles. The van der Waals surface area contributed by atoms with Crippen LogP contribution in [-0.4, -0.2) is 44.1 Å². The number of halogens is 2. The molecule has 0 N–H and O–H groups in total. The van der Waals surface area contributed by atoms with E-state index in [-0.39, 0.29) is 13.1 Å². The highest BCUT2D eigenvalue weighted by molar-refractivity contribution is 9.12. The second-order valence-electron chi connectivity index (χ2n) is 3.76. The first-order chi connectivity index (χ1) is 8.45. The van der Waals surface area contributed by atoms with Gasteiger partial charge in [-0.3, -0.25) is 14.5 Å². The molecule has 5 nitrogen and oxygen atoms in total. The van der Waals surface area contributed by atoms with Gasteiger partial charge in [0.1, 0.15) is 0 Å². The van der Waals surface area contributed by atoms with Crippen molar-refractivity contribution in [3.8, 4) is 0 Å². The molecular formula is C9H8BBr2NO4S. The standard InChI is InChI=1S/C9H8BBr2NO4S/c1-13-3-7(14)16-10(17-8(15)4-13)5-2-6(11)18-9(5)12/h2H,3-4H2,1H3.